The van der Waals surface area contributed by atoms with Crippen molar-refractivity contribution in [3.63, 3.8) is 0 Å². The number of amides is 2. The van der Waals surface area contributed by atoms with Crippen LogP contribution in [0, 0.1) is 19.8 Å². The molecule has 4 rings (SSSR count). The third-order valence-electron chi connectivity index (χ3n) is 6.21. The quantitative estimate of drug-likeness (QED) is 0.843. The van der Waals surface area contributed by atoms with E-state index in [9.17, 15) is 9.59 Å². The van der Waals surface area contributed by atoms with Gasteiger partial charge in [-0.25, -0.2) is 4.98 Å². The number of hydrogen-bond donors (Lipinski definition) is 1. The van der Waals surface area contributed by atoms with Gasteiger partial charge in [-0.1, -0.05) is 12.1 Å². The van der Waals surface area contributed by atoms with E-state index in [0.29, 0.717) is 12.2 Å². The van der Waals surface area contributed by atoms with Crippen molar-refractivity contribution in [1.82, 2.24) is 9.88 Å². The van der Waals surface area contributed by atoms with Crippen molar-refractivity contribution in [1.29, 1.82) is 0 Å². The fourth-order valence-corrected chi connectivity index (χ4v) is 4.07. The summed E-state index contributed by atoms with van der Waals surface area (Å²) in [6.07, 6.45) is 1.93. The number of benzene rings is 1. The van der Waals surface area contributed by atoms with E-state index >= 15 is 0 Å². The Labute approximate surface area is 177 Å². The van der Waals surface area contributed by atoms with Crippen LogP contribution >= 0.6 is 0 Å². The minimum Gasteiger partial charge on any atom is -0.354 e. The number of anilines is 3. The second kappa shape index (κ2) is 8.44. The van der Waals surface area contributed by atoms with Crippen LogP contribution in [0.1, 0.15) is 17.5 Å². The summed E-state index contributed by atoms with van der Waals surface area (Å²) in [5, 5.41) is 2.93. The second-order valence-electron chi connectivity index (χ2n) is 8.31. The maximum atomic E-state index is 12.8. The highest BCUT2D eigenvalue weighted by Gasteiger charge is 2.35. The van der Waals surface area contributed by atoms with Crippen molar-refractivity contribution in [3.8, 4) is 0 Å². The van der Waals surface area contributed by atoms with Gasteiger partial charge in [0, 0.05) is 44.8 Å². The lowest BCUT2D eigenvalue weighted by Gasteiger charge is -2.33. The highest BCUT2D eigenvalue weighted by atomic mass is 16.2. The van der Waals surface area contributed by atoms with Gasteiger partial charge in [-0.15, -0.1) is 0 Å². The van der Waals surface area contributed by atoms with Crippen LogP contribution in [0.15, 0.2) is 36.5 Å². The molecule has 0 aliphatic carbocycles. The normalized spacial score (nSPS) is 20.0. The highest BCUT2D eigenvalue weighted by molar-refractivity contribution is 6.03. The maximum absolute atomic E-state index is 12.8. The molecule has 2 aliphatic heterocycles. The van der Waals surface area contributed by atoms with Crippen LogP contribution in [0.25, 0.3) is 0 Å². The number of likely N-dealkylation sites (N-methyl/N-ethyl adjacent to an activating group) is 1. The molecule has 2 saturated heterocycles. The van der Waals surface area contributed by atoms with E-state index in [1.54, 1.807) is 11.1 Å². The van der Waals surface area contributed by atoms with Gasteiger partial charge in [0.1, 0.15) is 5.82 Å². The number of nitrogens with zero attached hydrogens (tertiary/aromatic N) is 4. The Balaban J connectivity index is 1.38. The number of aryl methyl sites for hydroxylation is 1. The lowest BCUT2D eigenvalue weighted by atomic mass is 10.1. The van der Waals surface area contributed by atoms with Crippen LogP contribution in [0.2, 0.25) is 0 Å². The molecule has 7 nitrogen and oxygen atoms in total. The zero-order valence-corrected chi connectivity index (χ0v) is 17.9. The van der Waals surface area contributed by atoms with E-state index in [0.717, 1.165) is 48.8 Å². The van der Waals surface area contributed by atoms with Crippen molar-refractivity contribution >= 4 is 29.0 Å². The molecule has 1 aromatic heterocycles. The topological polar surface area (TPSA) is 68.8 Å². The number of carbonyl (C=O) groups is 2. The van der Waals surface area contributed by atoms with E-state index in [-0.39, 0.29) is 24.2 Å². The summed E-state index contributed by atoms with van der Waals surface area (Å²) < 4.78 is 0. The molecule has 0 saturated carbocycles. The van der Waals surface area contributed by atoms with Gasteiger partial charge >= 0.3 is 0 Å². The fourth-order valence-electron chi connectivity index (χ4n) is 4.07. The highest BCUT2D eigenvalue weighted by Crippen LogP contribution is 2.30. The first-order valence-electron chi connectivity index (χ1n) is 10.5. The number of carbonyl (C=O) groups excluding carboxylic acids is 2. The predicted octanol–water partition coefficient (Wildman–Crippen LogP) is 2.44. The molecule has 0 radical (unpaired) electrons. The van der Waals surface area contributed by atoms with Crippen molar-refractivity contribution in [3.05, 3.63) is 47.7 Å². The standard InChI is InChI=1S/C23H29N5O2/c1-16-5-4-6-20(17(16)2)28-15-18(13-22(28)29)23(30)25-19-7-8-21(24-14-19)27-11-9-26(3)10-12-27/h4-8,14,18H,9-13,15H2,1-3H3,(H,25,30)/t18-/m1/s1. The predicted molar refractivity (Wildman–Crippen MR) is 119 cm³/mol. The Morgan fingerprint density at radius 2 is 1.87 bits per heavy atom. The van der Waals surface area contributed by atoms with Gasteiger partial charge in [0.25, 0.3) is 0 Å². The van der Waals surface area contributed by atoms with E-state index in [1.165, 1.54) is 0 Å². The lowest BCUT2D eigenvalue weighted by Crippen LogP contribution is -2.44. The Hall–Kier alpha value is -2.93. The minimum absolute atomic E-state index is 0.00705. The zero-order chi connectivity index (χ0) is 21.3. The molecule has 2 fully saturated rings. The summed E-state index contributed by atoms with van der Waals surface area (Å²) in [7, 11) is 2.12. The number of piperazine rings is 1. The summed E-state index contributed by atoms with van der Waals surface area (Å²) in [6.45, 7) is 8.39. The van der Waals surface area contributed by atoms with Gasteiger partial charge < -0.3 is 20.0 Å². The van der Waals surface area contributed by atoms with Gasteiger partial charge in [0.2, 0.25) is 11.8 Å². The second-order valence-corrected chi connectivity index (χ2v) is 8.31. The molecule has 1 atom stereocenters. The first-order valence-corrected chi connectivity index (χ1v) is 10.5. The van der Waals surface area contributed by atoms with Crippen LogP contribution in [0.3, 0.4) is 0 Å². The first-order chi connectivity index (χ1) is 14.4. The third-order valence-corrected chi connectivity index (χ3v) is 6.21. The van der Waals surface area contributed by atoms with Crippen LogP contribution in [0.5, 0.6) is 0 Å². The Morgan fingerprint density at radius 1 is 1.10 bits per heavy atom. The third kappa shape index (κ3) is 4.16. The summed E-state index contributed by atoms with van der Waals surface area (Å²) in [5.41, 5.74) is 3.78. The van der Waals surface area contributed by atoms with Crippen LogP contribution in [0.4, 0.5) is 17.2 Å². The first kappa shape index (κ1) is 20.3. The van der Waals surface area contributed by atoms with Gasteiger partial charge in [-0.2, -0.15) is 0 Å². The Kier molecular flexibility index (Phi) is 5.72. The molecule has 0 spiro atoms. The Morgan fingerprint density at radius 3 is 2.57 bits per heavy atom. The number of rotatable bonds is 4. The Bertz CT molecular complexity index is 935. The molecule has 1 N–H and O–H groups in total. The smallest absolute Gasteiger partial charge is 0.229 e. The van der Waals surface area contributed by atoms with Crippen molar-refractivity contribution in [2.45, 2.75) is 20.3 Å². The lowest BCUT2D eigenvalue weighted by molar-refractivity contribution is -0.122. The van der Waals surface area contributed by atoms with Gasteiger partial charge in [-0.3, -0.25) is 9.59 Å². The summed E-state index contributed by atoms with van der Waals surface area (Å²) >= 11 is 0. The summed E-state index contributed by atoms with van der Waals surface area (Å²) in [4.78, 5) is 36.2. The molecule has 7 heteroatoms. The minimum atomic E-state index is -0.366. The maximum Gasteiger partial charge on any atom is 0.229 e. The number of nitrogens with one attached hydrogen (secondary N) is 1. The van der Waals surface area contributed by atoms with Crippen LogP contribution in [-0.4, -0.2) is 61.5 Å². The van der Waals surface area contributed by atoms with E-state index in [4.69, 9.17) is 0 Å². The number of aromatic nitrogens is 1. The molecule has 30 heavy (non-hydrogen) atoms. The molecule has 0 unspecified atom stereocenters. The van der Waals surface area contributed by atoms with Gasteiger partial charge in [-0.05, 0) is 50.2 Å². The molecular weight excluding hydrogens is 378 g/mol. The molecule has 2 aliphatic rings. The average molecular weight is 408 g/mol. The molecule has 0 bridgehead atoms. The molecular formula is C23H29N5O2. The van der Waals surface area contributed by atoms with Crippen molar-refractivity contribution in [2.24, 2.45) is 5.92 Å². The average Bonchev–Trinajstić information content (AvgIpc) is 3.13. The van der Waals surface area contributed by atoms with Crippen molar-refractivity contribution in [2.75, 3.05) is 54.9 Å². The molecule has 2 aromatic rings. The molecule has 158 valence electrons. The molecule has 3 heterocycles. The van der Waals surface area contributed by atoms with Gasteiger partial charge in [0.15, 0.2) is 0 Å². The number of pyridine rings is 1. The monoisotopic (exact) mass is 407 g/mol. The number of hydrogen-bond acceptors (Lipinski definition) is 5. The van der Waals surface area contributed by atoms with Crippen LogP contribution < -0.4 is 15.1 Å². The molecule has 2 amide bonds. The fraction of sp³-hybridized carbons (Fsp3) is 0.435. The SMILES string of the molecule is Cc1cccc(N2C[C@H](C(=O)Nc3ccc(N4CCN(C)CC4)nc3)CC2=O)c1C. The largest absolute Gasteiger partial charge is 0.354 e. The summed E-state index contributed by atoms with van der Waals surface area (Å²) in [5.74, 6) is 0.422. The molecule has 1 aromatic carbocycles. The zero-order valence-electron chi connectivity index (χ0n) is 17.9. The van der Waals surface area contributed by atoms with E-state index in [1.807, 2.05) is 44.2 Å². The van der Waals surface area contributed by atoms with E-state index < -0.39 is 0 Å². The van der Waals surface area contributed by atoms with Gasteiger partial charge in [0.05, 0.1) is 17.8 Å². The van der Waals surface area contributed by atoms with E-state index in [2.05, 4.69) is 27.1 Å². The van der Waals surface area contributed by atoms with Crippen LogP contribution in [-0.2, 0) is 9.59 Å². The summed E-state index contributed by atoms with van der Waals surface area (Å²) in [6, 6.07) is 9.76. The van der Waals surface area contributed by atoms with Crippen molar-refractivity contribution < 1.29 is 9.59 Å².